The fourth-order valence-corrected chi connectivity index (χ4v) is 1.75. The Balaban J connectivity index is 1.90. The third-order valence-electron chi connectivity index (χ3n) is 2.93. The molecule has 1 aliphatic rings. The van der Waals surface area contributed by atoms with Crippen molar-refractivity contribution < 1.29 is 9.59 Å². The fraction of sp³-hybridized carbons (Fsp3) is 0.333. The lowest BCUT2D eigenvalue weighted by atomic mass is 10.2. The van der Waals surface area contributed by atoms with Crippen LogP contribution >= 0.6 is 0 Å². The van der Waals surface area contributed by atoms with Gasteiger partial charge in [-0.1, -0.05) is 18.2 Å². The van der Waals surface area contributed by atoms with Gasteiger partial charge in [0.1, 0.15) is 0 Å². The molecule has 1 aromatic rings. The van der Waals surface area contributed by atoms with E-state index in [-0.39, 0.29) is 17.7 Å². The van der Waals surface area contributed by atoms with Crippen LogP contribution in [0.1, 0.15) is 25.3 Å². The van der Waals surface area contributed by atoms with Gasteiger partial charge in [0.15, 0.2) is 0 Å². The molecule has 2 rings (SSSR count). The van der Waals surface area contributed by atoms with Crippen LogP contribution in [0.15, 0.2) is 36.4 Å². The second-order valence-electron chi connectivity index (χ2n) is 4.68. The number of anilines is 1. The Kier molecular flexibility index (Phi) is 4.34. The largest absolute Gasteiger partial charge is 0.348 e. The quantitative estimate of drug-likeness (QED) is 0.796. The summed E-state index contributed by atoms with van der Waals surface area (Å²) in [4.78, 5) is 23.0. The van der Waals surface area contributed by atoms with E-state index in [4.69, 9.17) is 0 Å². The molecule has 1 saturated carbocycles. The van der Waals surface area contributed by atoms with Crippen LogP contribution in [0.25, 0.3) is 0 Å². The third-order valence-corrected chi connectivity index (χ3v) is 2.93. The number of hydrogen-bond acceptors (Lipinski definition) is 2. The highest BCUT2D eigenvalue weighted by atomic mass is 16.2. The minimum Gasteiger partial charge on any atom is -0.348 e. The van der Waals surface area contributed by atoms with Gasteiger partial charge >= 0.3 is 0 Å². The lowest BCUT2D eigenvalue weighted by Crippen LogP contribution is -2.20. The second-order valence-corrected chi connectivity index (χ2v) is 4.68. The molecule has 0 saturated heterocycles. The highest BCUT2D eigenvalue weighted by Crippen LogP contribution is 2.30. The Morgan fingerprint density at radius 3 is 2.84 bits per heavy atom. The normalized spacial score (nSPS) is 14.4. The number of carbonyl (C=O) groups excluding carboxylic acids is 2. The molecule has 19 heavy (non-hydrogen) atoms. The summed E-state index contributed by atoms with van der Waals surface area (Å²) >= 11 is 0. The van der Waals surface area contributed by atoms with Crippen LogP contribution in [0.2, 0.25) is 0 Å². The van der Waals surface area contributed by atoms with E-state index in [1.54, 1.807) is 13.0 Å². The Morgan fingerprint density at radius 2 is 2.16 bits per heavy atom. The van der Waals surface area contributed by atoms with Crippen molar-refractivity contribution in [3.8, 4) is 0 Å². The zero-order valence-electron chi connectivity index (χ0n) is 11.0. The molecule has 1 aliphatic carbocycles. The molecule has 2 N–H and O–H groups in total. The first-order valence-corrected chi connectivity index (χ1v) is 6.49. The Hall–Kier alpha value is -2.10. The van der Waals surface area contributed by atoms with Crippen LogP contribution in [0, 0.1) is 5.92 Å². The lowest BCUT2D eigenvalue weighted by Gasteiger charge is -2.07. The summed E-state index contributed by atoms with van der Waals surface area (Å²) < 4.78 is 0. The molecule has 2 amide bonds. The zero-order valence-corrected chi connectivity index (χ0v) is 11.0. The SMILES string of the molecule is CC=CC(=O)NCc1cccc(NC(=O)C2CC2)c1. The van der Waals surface area contributed by atoms with Gasteiger partial charge in [-0.3, -0.25) is 9.59 Å². The molecule has 0 heterocycles. The summed E-state index contributed by atoms with van der Waals surface area (Å²) in [6.45, 7) is 2.25. The number of benzene rings is 1. The molecule has 0 atom stereocenters. The van der Waals surface area contributed by atoms with Crippen LogP contribution in [0.3, 0.4) is 0 Å². The first-order chi connectivity index (χ1) is 9.19. The van der Waals surface area contributed by atoms with Crippen LogP contribution in [0.5, 0.6) is 0 Å². The summed E-state index contributed by atoms with van der Waals surface area (Å²) in [5.74, 6) is 0.170. The van der Waals surface area contributed by atoms with Gasteiger partial charge in [0.2, 0.25) is 11.8 Å². The molecule has 0 aliphatic heterocycles. The predicted molar refractivity (Wildman–Crippen MR) is 74.5 cm³/mol. The van der Waals surface area contributed by atoms with Gasteiger partial charge < -0.3 is 10.6 Å². The molecule has 4 heteroatoms. The summed E-state index contributed by atoms with van der Waals surface area (Å²) in [6.07, 6.45) is 5.16. The molecule has 100 valence electrons. The summed E-state index contributed by atoms with van der Waals surface area (Å²) in [5, 5.41) is 5.67. The van der Waals surface area contributed by atoms with Crippen molar-refractivity contribution >= 4 is 17.5 Å². The molecule has 0 aromatic heterocycles. The molecule has 0 spiro atoms. The van der Waals surface area contributed by atoms with Crippen LogP contribution < -0.4 is 10.6 Å². The van der Waals surface area contributed by atoms with Gasteiger partial charge in [-0.25, -0.2) is 0 Å². The van der Waals surface area contributed by atoms with E-state index in [9.17, 15) is 9.59 Å². The highest BCUT2D eigenvalue weighted by molar-refractivity contribution is 5.94. The number of amides is 2. The predicted octanol–water partition coefficient (Wildman–Crippen LogP) is 2.23. The smallest absolute Gasteiger partial charge is 0.243 e. The summed E-state index contributed by atoms with van der Waals surface area (Å²) in [6, 6.07) is 7.54. The molecular weight excluding hydrogens is 240 g/mol. The third kappa shape index (κ3) is 4.25. The van der Waals surface area contributed by atoms with Crippen molar-refractivity contribution in [3.05, 3.63) is 42.0 Å². The molecule has 0 unspecified atom stereocenters. The standard InChI is InChI=1S/C15H18N2O2/c1-2-4-14(18)16-10-11-5-3-6-13(9-11)17-15(19)12-7-8-12/h2-6,9,12H,7-8,10H2,1H3,(H,16,18)(H,17,19). The van der Waals surface area contributed by atoms with Gasteiger partial charge in [0, 0.05) is 18.2 Å². The van der Waals surface area contributed by atoms with Gasteiger partial charge in [-0.2, -0.15) is 0 Å². The Labute approximate surface area is 112 Å². The van der Waals surface area contributed by atoms with Crippen molar-refractivity contribution in [3.63, 3.8) is 0 Å². The first-order valence-electron chi connectivity index (χ1n) is 6.49. The van der Waals surface area contributed by atoms with Crippen molar-refractivity contribution in [1.82, 2.24) is 5.32 Å². The van der Waals surface area contributed by atoms with Gasteiger partial charge in [0.05, 0.1) is 0 Å². The maximum absolute atomic E-state index is 11.6. The van der Waals surface area contributed by atoms with E-state index in [0.717, 1.165) is 24.1 Å². The van der Waals surface area contributed by atoms with E-state index in [1.165, 1.54) is 6.08 Å². The van der Waals surface area contributed by atoms with Crippen molar-refractivity contribution in [1.29, 1.82) is 0 Å². The monoisotopic (exact) mass is 258 g/mol. The highest BCUT2D eigenvalue weighted by Gasteiger charge is 2.29. The molecule has 0 radical (unpaired) electrons. The van der Waals surface area contributed by atoms with Crippen LogP contribution in [0.4, 0.5) is 5.69 Å². The minimum atomic E-state index is -0.116. The average Bonchev–Trinajstić information content (AvgIpc) is 3.21. The van der Waals surface area contributed by atoms with Crippen molar-refractivity contribution in [2.24, 2.45) is 5.92 Å². The number of allylic oxidation sites excluding steroid dienone is 1. The lowest BCUT2D eigenvalue weighted by molar-refractivity contribution is -0.117. The Morgan fingerprint density at radius 1 is 1.37 bits per heavy atom. The maximum Gasteiger partial charge on any atom is 0.243 e. The van der Waals surface area contributed by atoms with Gasteiger partial charge in [0.25, 0.3) is 0 Å². The average molecular weight is 258 g/mol. The van der Waals surface area contributed by atoms with Crippen molar-refractivity contribution in [2.75, 3.05) is 5.32 Å². The van der Waals surface area contributed by atoms with Crippen LogP contribution in [-0.4, -0.2) is 11.8 Å². The van der Waals surface area contributed by atoms with Gasteiger partial charge in [-0.15, -0.1) is 0 Å². The van der Waals surface area contributed by atoms with E-state index in [0.29, 0.717) is 6.54 Å². The zero-order chi connectivity index (χ0) is 13.7. The number of hydrogen-bond donors (Lipinski definition) is 2. The topological polar surface area (TPSA) is 58.2 Å². The summed E-state index contributed by atoms with van der Waals surface area (Å²) in [7, 11) is 0. The van der Waals surface area contributed by atoms with E-state index < -0.39 is 0 Å². The van der Waals surface area contributed by atoms with E-state index in [1.807, 2.05) is 24.3 Å². The van der Waals surface area contributed by atoms with E-state index in [2.05, 4.69) is 10.6 Å². The summed E-state index contributed by atoms with van der Waals surface area (Å²) in [5.41, 5.74) is 1.75. The molecule has 1 aromatic carbocycles. The maximum atomic E-state index is 11.6. The number of nitrogens with one attached hydrogen (secondary N) is 2. The van der Waals surface area contributed by atoms with Gasteiger partial charge in [-0.05, 0) is 43.5 Å². The first kappa shape index (κ1) is 13.3. The fourth-order valence-electron chi connectivity index (χ4n) is 1.75. The molecule has 4 nitrogen and oxygen atoms in total. The Bertz CT molecular complexity index is 505. The molecular formula is C15H18N2O2. The number of rotatable bonds is 5. The van der Waals surface area contributed by atoms with Crippen LogP contribution in [-0.2, 0) is 16.1 Å². The second kappa shape index (κ2) is 6.18. The minimum absolute atomic E-state index is 0.0927. The molecule has 0 bridgehead atoms. The molecule has 1 fully saturated rings. The number of carbonyl (C=O) groups is 2. The van der Waals surface area contributed by atoms with Crippen molar-refractivity contribution in [2.45, 2.75) is 26.3 Å². The van der Waals surface area contributed by atoms with E-state index >= 15 is 0 Å².